The number of hydrogen-bond acceptors (Lipinski definition) is 2. The summed E-state index contributed by atoms with van der Waals surface area (Å²) in [6, 6.07) is 13.6. The first kappa shape index (κ1) is 16.2. The minimum absolute atomic E-state index is 0.0225. The van der Waals surface area contributed by atoms with Crippen molar-refractivity contribution in [3.05, 3.63) is 58.6 Å². The van der Waals surface area contributed by atoms with Crippen LogP contribution in [-0.2, 0) is 16.0 Å². The number of fused-ring (bicyclic) bond motifs is 1. The van der Waals surface area contributed by atoms with Gasteiger partial charge >= 0.3 is 0 Å². The molecule has 0 aromatic heterocycles. The molecule has 4 nitrogen and oxygen atoms in total. The molecule has 2 aliphatic heterocycles. The fraction of sp³-hybridized carbons (Fsp3) is 0.300. The van der Waals surface area contributed by atoms with Crippen molar-refractivity contribution in [2.75, 3.05) is 22.9 Å². The molecule has 2 aromatic rings. The van der Waals surface area contributed by atoms with E-state index in [0.717, 1.165) is 23.4 Å². The molecule has 5 heteroatoms. The Kier molecular flexibility index (Phi) is 4.00. The third-order valence-corrected chi connectivity index (χ3v) is 5.50. The highest BCUT2D eigenvalue weighted by atomic mass is 35.5. The van der Waals surface area contributed by atoms with Crippen LogP contribution in [0.15, 0.2) is 42.5 Å². The Labute approximate surface area is 152 Å². The second-order valence-electron chi connectivity index (χ2n) is 6.71. The van der Waals surface area contributed by atoms with Gasteiger partial charge in [-0.3, -0.25) is 9.59 Å². The topological polar surface area (TPSA) is 40.6 Å². The van der Waals surface area contributed by atoms with E-state index in [1.807, 2.05) is 42.2 Å². The van der Waals surface area contributed by atoms with Crippen LogP contribution in [0.2, 0.25) is 5.02 Å². The summed E-state index contributed by atoms with van der Waals surface area (Å²) in [5, 5.41) is 0.633. The monoisotopic (exact) mass is 354 g/mol. The highest BCUT2D eigenvalue weighted by Crippen LogP contribution is 2.33. The highest BCUT2D eigenvalue weighted by Gasteiger charge is 2.39. The summed E-state index contributed by atoms with van der Waals surface area (Å²) in [4.78, 5) is 28.9. The zero-order valence-corrected chi connectivity index (χ0v) is 14.8. The number of para-hydroxylation sites is 1. The Balaban J connectivity index is 1.54. The van der Waals surface area contributed by atoms with E-state index in [1.54, 1.807) is 11.0 Å². The fourth-order valence-corrected chi connectivity index (χ4v) is 3.83. The summed E-state index contributed by atoms with van der Waals surface area (Å²) in [5.41, 5.74) is 3.91. The lowest BCUT2D eigenvalue weighted by Gasteiger charge is -2.22. The Bertz CT molecular complexity index is 865. The van der Waals surface area contributed by atoms with Gasteiger partial charge in [-0.1, -0.05) is 35.9 Å². The predicted octanol–water partition coefficient (Wildman–Crippen LogP) is 3.59. The van der Waals surface area contributed by atoms with Crippen LogP contribution in [0.5, 0.6) is 0 Å². The number of carbonyl (C=O) groups is 2. The number of hydrogen-bond donors (Lipinski definition) is 0. The first-order chi connectivity index (χ1) is 12.0. The molecule has 0 unspecified atom stereocenters. The third-order valence-electron chi connectivity index (χ3n) is 5.09. The van der Waals surface area contributed by atoms with Crippen LogP contribution in [0, 0.1) is 12.8 Å². The van der Waals surface area contributed by atoms with Gasteiger partial charge < -0.3 is 9.80 Å². The van der Waals surface area contributed by atoms with E-state index in [2.05, 4.69) is 6.07 Å². The van der Waals surface area contributed by atoms with Gasteiger partial charge in [0.25, 0.3) is 0 Å². The quantitative estimate of drug-likeness (QED) is 0.827. The fourth-order valence-electron chi connectivity index (χ4n) is 3.66. The SMILES string of the molecule is Cc1ccc(N2C[C@@H](C(=O)N3CCc4ccccc43)CC2=O)cc1Cl. The van der Waals surface area contributed by atoms with Crippen LogP contribution in [0.25, 0.3) is 0 Å². The summed E-state index contributed by atoms with van der Waals surface area (Å²) in [6.45, 7) is 3.03. The van der Waals surface area contributed by atoms with Crippen molar-refractivity contribution in [3.8, 4) is 0 Å². The van der Waals surface area contributed by atoms with Crippen molar-refractivity contribution < 1.29 is 9.59 Å². The van der Waals surface area contributed by atoms with Crippen molar-refractivity contribution in [3.63, 3.8) is 0 Å². The molecule has 0 radical (unpaired) electrons. The average molecular weight is 355 g/mol. The van der Waals surface area contributed by atoms with E-state index < -0.39 is 0 Å². The molecule has 0 aliphatic carbocycles. The van der Waals surface area contributed by atoms with Gasteiger partial charge in [0, 0.05) is 35.9 Å². The molecule has 0 bridgehead atoms. The molecular weight excluding hydrogens is 336 g/mol. The van der Waals surface area contributed by atoms with Crippen LogP contribution >= 0.6 is 11.6 Å². The number of amides is 2. The smallest absolute Gasteiger partial charge is 0.232 e. The minimum Gasteiger partial charge on any atom is -0.312 e. The largest absolute Gasteiger partial charge is 0.312 e. The predicted molar refractivity (Wildman–Crippen MR) is 99.1 cm³/mol. The molecule has 0 saturated carbocycles. The first-order valence-electron chi connectivity index (χ1n) is 8.50. The second kappa shape index (κ2) is 6.19. The molecule has 1 fully saturated rings. The zero-order valence-electron chi connectivity index (χ0n) is 14.0. The summed E-state index contributed by atoms with van der Waals surface area (Å²) in [6.07, 6.45) is 1.13. The Morgan fingerprint density at radius 2 is 2.00 bits per heavy atom. The molecule has 1 atom stereocenters. The summed E-state index contributed by atoms with van der Waals surface area (Å²) < 4.78 is 0. The maximum absolute atomic E-state index is 13.0. The number of carbonyl (C=O) groups excluding carboxylic acids is 2. The maximum atomic E-state index is 13.0. The van der Waals surface area contributed by atoms with Gasteiger partial charge in [-0.25, -0.2) is 0 Å². The van der Waals surface area contributed by atoms with E-state index in [4.69, 9.17) is 11.6 Å². The minimum atomic E-state index is -0.307. The molecule has 4 rings (SSSR count). The standard InChI is InChI=1S/C20H19ClN2O2/c1-13-6-7-16(11-17(13)21)23-12-15(10-19(23)24)20(25)22-9-8-14-4-2-3-5-18(14)22/h2-7,11,15H,8-10,12H2,1H3/t15-/m0/s1. The van der Waals surface area contributed by atoms with Crippen LogP contribution in [0.4, 0.5) is 11.4 Å². The average Bonchev–Trinajstić information content (AvgIpc) is 3.20. The molecule has 0 spiro atoms. The molecule has 2 aliphatic rings. The lowest BCUT2D eigenvalue weighted by molar-refractivity contribution is -0.124. The van der Waals surface area contributed by atoms with E-state index in [-0.39, 0.29) is 24.2 Å². The molecule has 1 saturated heterocycles. The van der Waals surface area contributed by atoms with Gasteiger partial charge in [0.1, 0.15) is 0 Å². The molecule has 0 N–H and O–H groups in total. The van der Waals surface area contributed by atoms with Gasteiger partial charge in [-0.15, -0.1) is 0 Å². The summed E-state index contributed by atoms with van der Waals surface area (Å²) in [5.74, 6) is -0.288. The van der Waals surface area contributed by atoms with Crippen LogP contribution < -0.4 is 9.80 Å². The Hall–Kier alpha value is -2.33. The van der Waals surface area contributed by atoms with E-state index >= 15 is 0 Å². The van der Waals surface area contributed by atoms with Crippen molar-refractivity contribution in [1.82, 2.24) is 0 Å². The Morgan fingerprint density at radius 3 is 2.80 bits per heavy atom. The number of nitrogens with zero attached hydrogens (tertiary/aromatic N) is 2. The maximum Gasteiger partial charge on any atom is 0.232 e. The van der Waals surface area contributed by atoms with Gasteiger partial charge in [0.2, 0.25) is 11.8 Å². The van der Waals surface area contributed by atoms with Crippen molar-refractivity contribution in [1.29, 1.82) is 0 Å². The molecule has 2 aromatic carbocycles. The zero-order chi connectivity index (χ0) is 17.6. The van der Waals surface area contributed by atoms with Crippen LogP contribution in [-0.4, -0.2) is 24.9 Å². The lowest BCUT2D eigenvalue weighted by Crippen LogP contribution is -2.36. The van der Waals surface area contributed by atoms with Gasteiger partial charge in [-0.05, 0) is 42.7 Å². The molecular formula is C20H19ClN2O2. The van der Waals surface area contributed by atoms with E-state index in [0.29, 0.717) is 18.1 Å². The highest BCUT2D eigenvalue weighted by molar-refractivity contribution is 6.31. The van der Waals surface area contributed by atoms with Gasteiger partial charge in [0.15, 0.2) is 0 Å². The lowest BCUT2D eigenvalue weighted by atomic mass is 10.1. The molecule has 25 heavy (non-hydrogen) atoms. The van der Waals surface area contributed by atoms with E-state index in [9.17, 15) is 9.59 Å². The normalized spacial score (nSPS) is 19.4. The van der Waals surface area contributed by atoms with Crippen molar-refractivity contribution >= 4 is 34.8 Å². The Morgan fingerprint density at radius 1 is 1.20 bits per heavy atom. The number of rotatable bonds is 2. The van der Waals surface area contributed by atoms with Crippen LogP contribution in [0.3, 0.4) is 0 Å². The second-order valence-corrected chi connectivity index (χ2v) is 7.11. The molecule has 2 heterocycles. The van der Waals surface area contributed by atoms with E-state index in [1.165, 1.54) is 5.56 Å². The van der Waals surface area contributed by atoms with Crippen LogP contribution in [0.1, 0.15) is 17.5 Å². The number of aryl methyl sites for hydroxylation is 1. The van der Waals surface area contributed by atoms with Crippen molar-refractivity contribution in [2.45, 2.75) is 19.8 Å². The number of halogens is 1. The summed E-state index contributed by atoms with van der Waals surface area (Å²) >= 11 is 6.19. The molecule has 2 amide bonds. The van der Waals surface area contributed by atoms with Crippen molar-refractivity contribution in [2.24, 2.45) is 5.92 Å². The van der Waals surface area contributed by atoms with Gasteiger partial charge in [0.05, 0.1) is 5.92 Å². The first-order valence-corrected chi connectivity index (χ1v) is 8.88. The number of anilines is 2. The van der Waals surface area contributed by atoms with Gasteiger partial charge in [-0.2, -0.15) is 0 Å². The summed E-state index contributed by atoms with van der Waals surface area (Å²) in [7, 11) is 0. The molecule has 128 valence electrons. The number of benzene rings is 2. The third kappa shape index (κ3) is 2.81.